The number of hydrogen-bond acceptors (Lipinski definition) is 2. The van der Waals surface area contributed by atoms with Crippen LogP contribution in [0.1, 0.15) is 12.5 Å². The van der Waals surface area contributed by atoms with Gasteiger partial charge in [0.15, 0.2) is 0 Å². The number of benzene rings is 2. The molecule has 1 aliphatic heterocycles. The summed E-state index contributed by atoms with van der Waals surface area (Å²) in [6.07, 6.45) is 0. The first-order chi connectivity index (χ1) is 11.9. The summed E-state index contributed by atoms with van der Waals surface area (Å²) < 4.78 is 26.9. The molecule has 0 saturated carbocycles. The van der Waals surface area contributed by atoms with Gasteiger partial charge in [-0.15, -0.1) is 0 Å². The molecule has 2 aromatic carbocycles. The van der Waals surface area contributed by atoms with Gasteiger partial charge >= 0.3 is 6.03 Å². The molecule has 1 fully saturated rings. The van der Waals surface area contributed by atoms with E-state index >= 15 is 0 Å². The second-order valence-electron chi connectivity index (χ2n) is 6.38. The van der Waals surface area contributed by atoms with Gasteiger partial charge in [-0.3, -0.25) is 0 Å². The topological polar surface area (TPSA) is 35.6 Å². The lowest BCUT2D eigenvalue weighted by molar-refractivity contribution is 0.200. The van der Waals surface area contributed by atoms with Crippen molar-refractivity contribution in [1.29, 1.82) is 0 Å². The molecule has 6 heteroatoms. The molecule has 0 spiro atoms. The van der Waals surface area contributed by atoms with Gasteiger partial charge in [0.1, 0.15) is 11.6 Å². The molecule has 0 aromatic heterocycles. The minimum atomic E-state index is -0.652. The Morgan fingerprint density at radius 2 is 1.84 bits per heavy atom. The predicted molar refractivity (Wildman–Crippen MR) is 94.9 cm³/mol. The van der Waals surface area contributed by atoms with Crippen LogP contribution in [0.15, 0.2) is 42.5 Å². The molecule has 2 aromatic rings. The number of rotatable bonds is 2. The molecule has 1 unspecified atom stereocenters. The molecule has 1 saturated heterocycles. The molecule has 0 radical (unpaired) electrons. The number of nitrogens with zero attached hydrogens (tertiary/aromatic N) is 2. The predicted octanol–water partition coefficient (Wildman–Crippen LogP) is 4.02. The molecule has 0 bridgehead atoms. The minimum Gasteiger partial charge on any atom is -0.365 e. The zero-order chi connectivity index (χ0) is 18.0. The van der Waals surface area contributed by atoms with Crippen molar-refractivity contribution < 1.29 is 13.6 Å². The summed E-state index contributed by atoms with van der Waals surface area (Å²) in [5.74, 6) is -1.24. The van der Waals surface area contributed by atoms with Crippen LogP contribution in [0.2, 0.25) is 0 Å². The minimum absolute atomic E-state index is 0.125. The monoisotopic (exact) mass is 345 g/mol. The number of amides is 2. The number of anilines is 2. The number of carbonyl (C=O) groups is 1. The molecule has 25 heavy (non-hydrogen) atoms. The average molecular weight is 345 g/mol. The Bertz CT molecular complexity index is 764. The van der Waals surface area contributed by atoms with Crippen molar-refractivity contribution in [3.8, 4) is 0 Å². The molecule has 2 amide bonds. The standard InChI is InChI=1S/C19H21F2N3O/c1-13-3-6-16(7-4-13)24-10-9-23(12-14(24)2)19(25)22-18-11-15(20)5-8-17(18)21/h3-8,11,14H,9-10,12H2,1-2H3,(H,22,25). The van der Waals surface area contributed by atoms with E-state index in [2.05, 4.69) is 34.5 Å². The Morgan fingerprint density at radius 3 is 2.52 bits per heavy atom. The molecule has 1 N–H and O–H groups in total. The number of nitrogens with one attached hydrogen (secondary N) is 1. The van der Waals surface area contributed by atoms with Gasteiger partial charge in [0, 0.05) is 37.4 Å². The van der Waals surface area contributed by atoms with Crippen molar-refractivity contribution in [2.45, 2.75) is 19.9 Å². The molecular formula is C19H21F2N3O. The second kappa shape index (κ2) is 7.09. The summed E-state index contributed by atoms with van der Waals surface area (Å²) in [4.78, 5) is 16.2. The van der Waals surface area contributed by atoms with Crippen LogP contribution < -0.4 is 10.2 Å². The van der Waals surface area contributed by atoms with Crippen LogP contribution in [0.3, 0.4) is 0 Å². The first kappa shape index (κ1) is 17.2. The highest BCUT2D eigenvalue weighted by Crippen LogP contribution is 2.22. The van der Waals surface area contributed by atoms with E-state index in [1.807, 2.05) is 13.8 Å². The van der Waals surface area contributed by atoms with Gasteiger partial charge in [0.05, 0.1) is 5.69 Å². The first-order valence-corrected chi connectivity index (χ1v) is 8.28. The fourth-order valence-corrected chi connectivity index (χ4v) is 3.05. The quantitative estimate of drug-likeness (QED) is 0.892. The van der Waals surface area contributed by atoms with E-state index in [4.69, 9.17) is 0 Å². The number of halogens is 2. The molecule has 1 heterocycles. The van der Waals surface area contributed by atoms with Crippen LogP contribution in [0.25, 0.3) is 0 Å². The number of carbonyl (C=O) groups excluding carboxylic acids is 1. The van der Waals surface area contributed by atoms with Crippen LogP contribution in [-0.4, -0.2) is 36.6 Å². The Hall–Kier alpha value is -2.63. The third-order valence-electron chi connectivity index (χ3n) is 4.45. The first-order valence-electron chi connectivity index (χ1n) is 8.28. The summed E-state index contributed by atoms with van der Waals surface area (Å²) in [6.45, 7) is 5.80. The number of piperazine rings is 1. The van der Waals surface area contributed by atoms with E-state index in [1.54, 1.807) is 4.90 Å². The van der Waals surface area contributed by atoms with Crippen LogP contribution in [-0.2, 0) is 0 Å². The van der Waals surface area contributed by atoms with E-state index in [1.165, 1.54) is 5.56 Å². The van der Waals surface area contributed by atoms with Crippen molar-refractivity contribution in [3.05, 3.63) is 59.7 Å². The molecule has 1 aliphatic rings. The van der Waals surface area contributed by atoms with Crippen LogP contribution in [0.5, 0.6) is 0 Å². The van der Waals surface area contributed by atoms with Gasteiger partial charge in [0.2, 0.25) is 0 Å². The van der Waals surface area contributed by atoms with Crippen molar-refractivity contribution >= 4 is 17.4 Å². The Balaban J connectivity index is 1.65. The summed E-state index contributed by atoms with van der Waals surface area (Å²) >= 11 is 0. The van der Waals surface area contributed by atoms with Crippen molar-refractivity contribution in [1.82, 2.24) is 4.90 Å². The zero-order valence-electron chi connectivity index (χ0n) is 14.3. The molecule has 1 atom stereocenters. The molecule has 4 nitrogen and oxygen atoms in total. The highest BCUT2D eigenvalue weighted by Gasteiger charge is 2.27. The third-order valence-corrected chi connectivity index (χ3v) is 4.45. The van der Waals surface area contributed by atoms with E-state index < -0.39 is 17.7 Å². The highest BCUT2D eigenvalue weighted by molar-refractivity contribution is 5.89. The van der Waals surface area contributed by atoms with Gasteiger partial charge in [-0.2, -0.15) is 0 Å². The molecule has 132 valence electrons. The van der Waals surface area contributed by atoms with Gasteiger partial charge in [-0.1, -0.05) is 17.7 Å². The van der Waals surface area contributed by atoms with E-state index in [0.29, 0.717) is 19.6 Å². The number of urea groups is 1. The maximum absolute atomic E-state index is 13.7. The smallest absolute Gasteiger partial charge is 0.322 e. The SMILES string of the molecule is Cc1ccc(N2CCN(C(=O)Nc3cc(F)ccc3F)CC2C)cc1. The largest absolute Gasteiger partial charge is 0.365 e. The van der Waals surface area contributed by atoms with E-state index in [-0.39, 0.29) is 11.7 Å². The van der Waals surface area contributed by atoms with E-state index in [0.717, 1.165) is 23.9 Å². The third kappa shape index (κ3) is 3.90. The summed E-state index contributed by atoms with van der Waals surface area (Å²) in [5.41, 5.74) is 2.18. The molecular weight excluding hydrogens is 324 g/mol. The van der Waals surface area contributed by atoms with Gasteiger partial charge in [-0.25, -0.2) is 13.6 Å². The summed E-state index contributed by atoms with van der Waals surface area (Å²) in [6, 6.07) is 11.0. The Kier molecular flexibility index (Phi) is 4.88. The fraction of sp³-hybridized carbons (Fsp3) is 0.316. The van der Waals surface area contributed by atoms with Crippen molar-refractivity contribution in [2.75, 3.05) is 29.9 Å². The normalized spacial score (nSPS) is 17.5. The lowest BCUT2D eigenvalue weighted by Crippen LogP contribution is -2.54. The molecule has 3 rings (SSSR count). The highest BCUT2D eigenvalue weighted by atomic mass is 19.1. The van der Waals surface area contributed by atoms with E-state index in [9.17, 15) is 13.6 Å². The van der Waals surface area contributed by atoms with Crippen LogP contribution >= 0.6 is 0 Å². The number of hydrogen-bond donors (Lipinski definition) is 1. The van der Waals surface area contributed by atoms with Gasteiger partial charge in [-0.05, 0) is 38.1 Å². The summed E-state index contributed by atoms with van der Waals surface area (Å²) in [7, 11) is 0. The summed E-state index contributed by atoms with van der Waals surface area (Å²) in [5, 5.41) is 2.46. The van der Waals surface area contributed by atoms with Crippen molar-refractivity contribution in [3.63, 3.8) is 0 Å². The number of aryl methyl sites for hydroxylation is 1. The van der Waals surface area contributed by atoms with Gasteiger partial charge < -0.3 is 15.1 Å². The van der Waals surface area contributed by atoms with Crippen LogP contribution in [0.4, 0.5) is 25.0 Å². The lowest BCUT2D eigenvalue weighted by Gasteiger charge is -2.41. The maximum Gasteiger partial charge on any atom is 0.322 e. The Labute approximate surface area is 146 Å². The maximum atomic E-state index is 13.7. The zero-order valence-corrected chi connectivity index (χ0v) is 14.3. The lowest BCUT2D eigenvalue weighted by atomic mass is 10.1. The van der Waals surface area contributed by atoms with Crippen LogP contribution in [0, 0.1) is 18.6 Å². The Morgan fingerprint density at radius 1 is 1.12 bits per heavy atom. The van der Waals surface area contributed by atoms with Crippen molar-refractivity contribution in [2.24, 2.45) is 0 Å². The second-order valence-corrected chi connectivity index (χ2v) is 6.38. The fourth-order valence-electron chi connectivity index (χ4n) is 3.05. The molecule has 0 aliphatic carbocycles. The van der Waals surface area contributed by atoms with Gasteiger partial charge in [0.25, 0.3) is 0 Å². The average Bonchev–Trinajstić information content (AvgIpc) is 2.59.